The molecule has 0 amide bonds. The summed E-state index contributed by atoms with van der Waals surface area (Å²) in [6.07, 6.45) is 0. The number of nitro benzene ring substituents is 1. The number of rotatable bonds is 3. The summed E-state index contributed by atoms with van der Waals surface area (Å²) >= 11 is 0. The normalized spacial score (nSPS) is 10.1. The van der Waals surface area contributed by atoms with E-state index >= 15 is 0 Å². The van der Waals surface area contributed by atoms with Gasteiger partial charge in [-0.2, -0.15) is 0 Å². The molecule has 0 aliphatic heterocycles. The van der Waals surface area contributed by atoms with Crippen LogP contribution >= 0.6 is 0 Å². The molecule has 2 aromatic rings. The number of nitrogens with zero attached hydrogens (tertiary/aromatic N) is 1. The van der Waals surface area contributed by atoms with E-state index in [9.17, 15) is 23.7 Å². The lowest BCUT2D eigenvalue weighted by molar-refractivity contribution is -0.384. The van der Waals surface area contributed by atoms with E-state index in [0.717, 1.165) is 24.3 Å². The van der Waals surface area contributed by atoms with Gasteiger partial charge in [-0.05, 0) is 24.3 Å². The van der Waals surface area contributed by atoms with Crippen LogP contribution in [-0.2, 0) is 0 Å². The first-order valence-electron chi connectivity index (χ1n) is 5.39. The first kappa shape index (κ1) is 13.6. The van der Waals surface area contributed by atoms with Gasteiger partial charge in [0, 0.05) is 18.2 Å². The molecule has 0 bridgehead atoms. The van der Waals surface area contributed by atoms with Crippen molar-refractivity contribution in [2.75, 3.05) is 0 Å². The van der Waals surface area contributed by atoms with Crippen molar-refractivity contribution in [3.63, 3.8) is 0 Å². The summed E-state index contributed by atoms with van der Waals surface area (Å²) in [7, 11) is 0. The number of non-ortho nitro benzene ring substituents is 1. The minimum absolute atomic E-state index is 0.0179. The zero-order valence-corrected chi connectivity index (χ0v) is 9.88. The highest BCUT2D eigenvalue weighted by Gasteiger charge is 2.15. The third kappa shape index (κ3) is 2.94. The molecule has 20 heavy (non-hydrogen) atoms. The Bertz CT molecular complexity index is 671. The number of ether oxygens (including phenoxy) is 1. The van der Waals surface area contributed by atoms with E-state index in [0.29, 0.717) is 6.07 Å². The Morgan fingerprint density at radius 1 is 1.10 bits per heavy atom. The molecule has 0 atom stereocenters. The van der Waals surface area contributed by atoms with Gasteiger partial charge in [0.05, 0.1) is 10.5 Å². The number of esters is 1. The minimum Gasteiger partial charge on any atom is -0.423 e. The van der Waals surface area contributed by atoms with Crippen molar-refractivity contribution in [1.29, 1.82) is 0 Å². The molecule has 0 saturated heterocycles. The lowest BCUT2D eigenvalue weighted by Crippen LogP contribution is -2.10. The third-order valence-electron chi connectivity index (χ3n) is 2.41. The fraction of sp³-hybridized carbons (Fsp3) is 0. The molecule has 0 heterocycles. The summed E-state index contributed by atoms with van der Waals surface area (Å²) < 4.78 is 30.9. The number of halogens is 2. The molecule has 2 aromatic carbocycles. The average molecular weight is 279 g/mol. The van der Waals surface area contributed by atoms with E-state index in [-0.39, 0.29) is 11.4 Å². The van der Waals surface area contributed by atoms with Gasteiger partial charge in [0.1, 0.15) is 17.4 Å². The molecule has 0 saturated carbocycles. The largest absolute Gasteiger partial charge is 0.423 e. The second-order valence-corrected chi connectivity index (χ2v) is 3.76. The van der Waals surface area contributed by atoms with Crippen LogP contribution in [0.3, 0.4) is 0 Å². The van der Waals surface area contributed by atoms with E-state index in [1.807, 2.05) is 0 Å². The van der Waals surface area contributed by atoms with E-state index < -0.39 is 28.1 Å². The summed E-state index contributed by atoms with van der Waals surface area (Å²) in [6.45, 7) is 0. The molecule has 102 valence electrons. The maximum atomic E-state index is 13.3. The van der Waals surface area contributed by atoms with Gasteiger partial charge in [-0.3, -0.25) is 10.1 Å². The number of benzene rings is 2. The predicted molar refractivity (Wildman–Crippen MR) is 64.4 cm³/mol. The van der Waals surface area contributed by atoms with Gasteiger partial charge < -0.3 is 4.74 Å². The van der Waals surface area contributed by atoms with Crippen LogP contribution in [0.4, 0.5) is 14.5 Å². The highest BCUT2D eigenvalue weighted by atomic mass is 19.1. The topological polar surface area (TPSA) is 69.4 Å². The molecular weight excluding hydrogens is 272 g/mol. The molecule has 0 N–H and O–H groups in total. The lowest BCUT2D eigenvalue weighted by Gasteiger charge is -2.05. The Morgan fingerprint density at radius 3 is 2.30 bits per heavy atom. The van der Waals surface area contributed by atoms with Crippen LogP contribution in [-0.4, -0.2) is 10.9 Å². The molecule has 0 aromatic heterocycles. The second-order valence-electron chi connectivity index (χ2n) is 3.76. The second kappa shape index (κ2) is 5.43. The van der Waals surface area contributed by atoms with Crippen molar-refractivity contribution in [1.82, 2.24) is 0 Å². The zero-order chi connectivity index (χ0) is 14.7. The first-order chi connectivity index (χ1) is 9.47. The summed E-state index contributed by atoms with van der Waals surface area (Å²) in [5, 5.41) is 10.4. The number of carbonyl (C=O) groups excluding carboxylic acids is 1. The quantitative estimate of drug-likeness (QED) is 0.374. The monoisotopic (exact) mass is 279 g/mol. The molecule has 7 heteroatoms. The van der Waals surface area contributed by atoms with Crippen molar-refractivity contribution in [2.24, 2.45) is 0 Å². The van der Waals surface area contributed by atoms with Gasteiger partial charge in [0.25, 0.3) is 5.69 Å². The number of hydrogen-bond acceptors (Lipinski definition) is 4. The predicted octanol–water partition coefficient (Wildman–Crippen LogP) is 3.09. The Balaban J connectivity index is 2.17. The molecule has 0 radical (unpaired) electrons. The van der Waals surface area contributed by atoms with Crippen molar-refractivity contribution in [3.8, 4) is 5.75 Å². The first-order valence-corrected chi connectivity index (χ1v) is 5.39. The van der Waals surface area contributed by atoms with Gasteiger partial charge in [0.15, 0.2) is 0 Å². The van der Waals surface area contributed by atoms with Gasteiger partial charge in [-0.25, -0.2) is 13.6 Å². The van der Waals surface area contributed by atoms with Crippen molar-refractivity contribution >= 4 is 11.7 Å². The Morgan fingerprint density at radius 2 is 1.75 bits per heavy atom. The summed E-state index contributed by atoms with van der Waals surface area (Å²) in [5.41, 5.74) is -0.595. The summed E-state index contributed by atoms with van der Waals surface area (Å²) in [4.78, 5) is 21.5. The van der Waals surface area contributed by atoms with Crippen LogP contribution < -0.4 is 4.74 Å². The van der Waals surface area contributed by atoms with E-state index in [4.69, 9.17) is 4.74 Å². The molecule has 0 fully saturated rings. The van der Waals surface area contributed by atoms with Crippen LogP contribution in [0.25, 0.3) is 0 Å². The number of hydrogen-bond donors (Lipinski definition) is 0. The number of carbonyl (C=O) groups is 1. The Kier molecular flexibility index (Phi) is 3.69. The summed E-state index contributed by atoms with van der Waals surface area (Å²) in [6, 6.07) is 7.14. The van der Waals surface area contributed by atoms with Crippen LogP contribution in [0.2, 0.25) is 0 Å². The SMILES string of the molecule is O=C(Oc1ccc([N+](=O)[O-])cc1)c1ccc(F)cc1F. The van der Waals surface area contributed by atoms with Gasteiger partial charge in [0.2, 0.25) is 0 Å². The van der Waals surface area contributed by atoms with Crippen LogP contribution in [0, 0.1) is 21.7 Å². The molecule has 5 nitrogen and oxygen atoms in total. The fourth-order valence-corrected chi connectivity index (χ4v) is 1.45. The van der Waals surface area contributed by atoms with Crippen LogP contribution in [0.1, 0.15) is 10.4 Å². The van der Waals surface area contributed by atoms with E-state index in [2.05, 4.69) is 0 Å². The maximum Gasteiger partial charge on any atom is 0.346 e. The van der Waals surface area contributed by atoms with Crippen LogP contribution in [0.5, 0.6) is 5.75 Å². The maximum absolute atomic E-state index is 13.3. The van der Waals surface area contributed by atoms with Crippen molar-refractivity contribution in [3.05, 3.63) is 69.8 Å². The molecule has 0 unspecified atom stereocenters. The molecule has 0 spiro atoms. The lowest BCUT2D eigenvalue weighted by atomic mass is 10.2. The third-order valence-corrected chi connectivity index (χ3v) is 2.41. The average Bonchev–Trinajstić information content (AvgIpc) is 2.39. The minimum atomic E-state index is -1.04. The number of nitro groups is 1. The van der Waals surface area contributed by atoms with Crippen molar-refractivity contribution in [2.45, 2.75) is 0 Å². The van der Waals surface area contributed by atoms with Gasteiger partial charge >= 0.3 is 5.97 Å². The zero-order valence-electron chi connectivity index (χ0n) is 9.88. The van der Waals surface area contributed by atoms with E-state index in [1.54, 1.807) is 0 Å². The smallest absolute Gasteiger partial charge is 0.346 e. The highest BCUT2D eigenvalue weighted by molar-refractivity contribution is 5.91. The van der Waals surface area contributed by atoms with E-state index in [1.165, 1.54) is 12.1 Å². The van der Waals surface area contributed by atoms with Crippen LogP contribution in [0.15, 0.2) is 42.5 Å². The van der Waals surface area contributed by atoms with Gasteiger partial charge in [-0.1, -0.05) is 0 Å². The fourth-order valence-electron chi connectivity index (χ4n) is 1.45. The summed E-state index contributed by atoms with van der Waals surface area (Å²) in [5.74, 6) is -2.85. The Hall–Kier alpha value is -2.83. The molecule has 2 rings (SSSR count). The highest BCUT2D eigenvalue weighted by Crippen LogP contribution is 2.19. The van der Waals surface area contributed by atoms with Gasteiger partial charge in [-0.15, -0.1) is 0 Å². The van der Waals surface area contributed by atoms with Crippen molar-refractivity contribution < 1.29 is 23.2 Å². The molecular formula is C13H7F2NO4. The Labute approximate surface area is 111 Å². The molecule has 0 aliphatic carbocycles. The standard InChI is InChI=1S/C13H7F2NO4/c14-8-1-6-11(12(15)7-8)13(17)20-10-4-2-9(3-5-10)16(18)19/h1-7H. The molecule has 0 aliphatic rings.